The minimum Gasteiger partial charge on any atom is -0.320 e. The zero-order valence-corrected chi connectivity index (χ0v) is 11.5. The van der Waals surface area contributed by atoms with Crippen molar-refractivity contribution in [2.45, 2.75) is 13.0 Å². The van der Waals surface area contributed by atoms with Gasteiger partial charge in [-0.05, 0) is 30.7 Å². The second kappa shape index (κ2) is 5.22. The maximum Gasteiger partial charge on any atom is 0.131 e. The molecule has 3 aromatic rings. The standard InChI is InChI=1S/C17H14F2N2/c1-10-8-14(12-4-2-3-5-16(12)21-10)17(20)13-7-6-11(18)9-15(13)19/h2-9,17H,20H2,1H3. The summed E-state index contributed by atoms with van der Waals surface area (Å²) in [5.74, 6) is -1.25. The van der Waals surface area contributed by atoms with Gasteiger partial charge in [0, 0.05) is 22.7 Å². The van der Waals surface area contributed by atoms with Crippen LogP contribution in [-0.4, -0.2) is 4.98 Å². The zero-order valence-electron chi connectivity index (χ0n) is 11.5. The number of aromatic nitrogens is 1. The molecule has 1 unspecified atom stereocenters. The fourth-order valence-corrected chi connectivity index (χ4v) is 2.52. The van der Waals surface area contributed by atoms with E-state index in [2.05, 4.69) is 4.98 Å². The Balaban J connectivity index is 2.19. The predicted octanol–water partition coefficient (Wildman–Crippen LogP) is 3.87. The number of rotatable bonds is 2. The van der Waals surface area contributed by atoms with Crippen LogP contribution in [-0.2, 0) is 0 Å². The molecule has 1 heterocycles. The molecule has 0 radical (unpaired) electrons. The summed E-state index contributed by atoms with van der Waals surface area (Å²) in [6.45, 7) is 1.86. The highest BCUT2D eigenvalue weighted by Crippen LogP contribution is 2.28. The van der Waals surface area contributed by atoms with Crippen LogP contribution in [0.25, 0.3) is 10.9 Å². The molecule has 21 heavy (non-hydrogen) atoms. The summed E-state index contributed by atoms with van der Waals surface area (Å²) in [4.78, 5) is 4.44. The van der Waals surface area contributed by atoms with Crippen molar-refractivity contribution in [2.75, 3.05) is 0 Å². The third-order valence-corrected chi connectivity index (χ3v) is 3.51. The molecule has 0 amide bonds. The topological polar surface area (TPSA) is 38.9 Å². The summed E-state index contributed by atoms with van der Waals surface area (Å²) >= 11 is 0. The molecular formula is C17H14F2N2. The van der Waals surface area contributed by atoms with E-state index in [1.54, 1.807) is 0 Å². The summed E-state index contributed by atoms with van der Waals surface area (Å²) in [5.41, 5.74) is 8.88. The summed E-state index contributed by atoms with van der Waals surface area (Å²) < 4.78 is 27.0. The van der Waals surface area contributed by atoms with Crippen LogP contribution in [0.5, 0.6) is 0 Å². The average Bonchev–Trinajstić information content (AvgIpc) is 2.45. The summed E-state index contributed by atoms with van der Waals surface area (Å²) in [5, 5.41) is 0.874. The first-order chi connectivity index (χ1) is 10.1. The maximum atomic E-state index is 14.0. The van der Waals surface area contributed by atoms with E-state index < -0.39 is 17.7 Å². The van der Waals surface area contributed by atoms with Gasteiger partial charge in [-0.25, -0.2) is 8.78 Å². The Morgan fingerprint density at radius 2 is 1.76 bits per heavy atom. The lowest BCUT2D eigenvalue weighted by atomic mass is 9.95. The number of nitrogens with two attached hydrogens (primary N) is 1. The maximum absolute atomic E-state index is 14.0. The lowest BCUT2D eigenvalue weighted by Gasteiger charge is -2.16. The highest BCUT2D eigenvalue weighted by molar-refractivity contribution is 5.83. The molecule has 1 aromatic heterocycles. The van der Waals surface area contributed by atoms with Crippen LogP contribution >= 0.6 is 0 Å². The SMILES string of the molecule is Cc1cc(C(N)c2ccc(F)cc2F)c2ccccc2n1. The molecular weight excluding hydrogens is 270 g/mol. The highest BCUT2D eigenvalue weighted by Gasteiger charge is 2.17. The normalized spacial score (nSPS) is 12.6. The van der Waals surface area contributed by atoms with Crippen molar-refractivity contribution in [3.63, 3.8) is 0 Å². The van der Waals surface area contributed by atoms with Crippen molar-refractivity contribution in [2.24, 2.45) is 5.73 Å². The van der Waals surface area contributed by atoms with Gasteiger partial charge in [0.2, 0.25) is 0 Å². The quantitative estimate of drug-likeness (QED) is 0.776. The van der Waals surface area contributed by atoms with Gasteiger partial charge in [0.15, 0.2) is 0 Å². The summed E-state index contributed by atoms with van der Waals surface area (Å²) in [6.07, 6.45) is 0. The molecule has 1 atom stereocenters. The van der Waals surface area contributed by atoms with Crippen LogP contribution in [0.1, 0.15) is 22.9 Å². The van der Waals surface area contributed by atoms with Crippen LogP contribution in [0.4, 0.5) is 8.78 Å². The van der Waals surface area contributed by atoms with Crippen molar-refractivity contribution < 1.29 is 8.78 Å². The Morgan fingerprint density at radius 1 is 1.00 bits per heavy atom. The van der Waals surface area contributed by atoms with E-state index in [9.17, 15) is 8.78 Å². The van der Waals surface area contributed by atoms with Gasteiger partial charge >= 0.3 is 0 Å². The van der Waals surface area contributed by atoms with Gasteiger partial charge in [0.1, 0.15) is 11.6 Å². The Bertz CT molecular complexity index is 815. The molecule has 106 valence electrons. The van der Waals surface area contributed by atoms with Crippen molar-refractivity contribution in [3.8, 4) is 0 Å². The molecule has 0 bridgehead atoms. The number of pyridine rings is 1. The van der Waals surface area contributed by atoms with E-state index in [0.717, 1.165) is 28.2 Å². The number of nitrogens with zero attached hydrogens (tertiary/aromatic N) is 1. The molecule has 0 aliphatic rings. The van der Waals surface area contributed by atoms with Gasteiger partial charge in [-0.1, -0.05) is 24.3 Å². The number of halogens is 2. The minimum absolute atomic E-state index is 0.271. The Labute approximate surface area is 121 Å². The predicted molar refractivity (Wildman–Crippen MR) is 78.9 cm³/mol. The molecule has 0 aliphatic carbocycles. The number of para-hydroxylation sites is 1. The molecule has 0 saturated carbocycles. The van der Waals surface area contributed by atoms with Crippen LogP contribution in [0.15, 0.2) is 48.5 Å². The molecule has 3 rings (SSSR count). The molecule has 0 aliphatic heterocycles. The van der Waals surface area contributed by atoms with E-state index >= 15 is 0 Å². The fourth-order valence-electron chi connectivity index (χ4n) is 2.52. The smallest absolute Gasteiger partial charge is 0.131 e. The first kappa shape index (κ1) is 13.6. The van der Waals surface area contributed by atoms with Gasteiger partial charge in [-0.2, -0.15) is 0 Å². The number of hydrogen-bond acceptors (Lipinski definition) is 2. The Kier molecular flexibility index (Phi) is 3.39. The van der Waals surface area contributed by atoms with Crippen molar-refractivity contribution >= 4 is 10.9 Å². The van der Waals surface area contributed by atoms with Gasteiger partial charge in [0.25, 0.3) is 0 Å². The Morgan fingerprint density at radius 3 is 2.52 bits per heavy atom. The molecule has 0 fully saturated rings. The lowest BCUT2D eigenvalue weighted by molar-refractivity contribution is 0.566. The highest BCUT2D eigenvalue weighted by atomic mass is 19.1. The fraction of sp³-hybridized carbons (Fsp3) is 0.118. The molecule has 0 spiro atoms. The van der Waals surface area contributed by atoms with E-state index in [-0.39, 0.29) is 5.56 Å². The number of fused-ring (bicyclic) bond motifs is 1. The average molecular weight is 284 g/mol. The summed E-state index contributed by atoms with van der Waals surface area (Å²) in [7, 11) is 0. The molecule has 0 saturated heterocycles. The van der Waals surface area contributed by atoms with Crippen LogP contribution in [0, 0.1) is 18.6 Å². The van der Waals surface area contributed by atoms with E-state index in [4.69, 9.17) is 5.73 Å². The number of aryl methyl sites for hydroxylation is 1. The van der Waals surface area contributed by atoms with Gasteiger partial charge in [-0.15, -0.1) is 0 Å². The van der Waals surface area contributed by atoms with E-state index in [0.29, 0.717) is 0 Å². The number of hydrogen-bond donors (Lipinski definition) is 1. The summed E-state index contributed by atoms with van der Waals surface area (Å²) in [6, 6.07) is 12.2. The van der Waals surface area contributed by atoms with Crippen LogP contribution < -0.4 is 5.73 Å². The third kappa shape index (κ3) is 2.50. The van der Waals surface area contributed by atoms with Gasteiger partial charge < -0.3 is 5.73 Å². The molecule has 2 aromatic carbocycles. The third-order valence-electron chi connectivity index (χ3n) is 3.51. The molecule has 4 heteroatoms. The van der Waals surface area contributed by atoms with Crippen LogP contribution in [0.3, 0.4) is 0 Å². The first-order valence-corrected chi connectivity index (χ1v) is 6.63. The van der Waals surface area contributed by atoms with Crippen molar-refractivity contribution in [3.05, 3.63) is 77.0 Å². The van der Waals surface area contributed by atoms with Gasteiger partial charge in [-0.3, -0.25) is 4.98 Å². The monoisotopic (exact) mass is 284 g/mol. The molecule has 2 N–H and O–H groups in total. The zero-order chi connectivity index (χ0) is 15.0. The largest absolute Gasteiger partial charge is 0.320 e. The Hall–Kier alpha value is -2.33. The number of benzene rings is 2. The van der Waals surface area contributed by atoms with Crippen molar-refractivity contribution in [1.29, 1.82) is 0 Å². The lowest BCUT2D eigenvalue weighted by Crippen LogP contribution is -2.15. The molecule has 2 nitrogen and oxygen atoms in total. The van der Waals surface area contributed by atoms with Crippen LogP contribution in [0.2, 0.25) is 0 Å². The second-order valence-electron chi connectivity index (χ2n) is 5.01. The van der Waals surface area contributed by atoms with Crippen molar-refractivity contribution in [1.82, 2.24) is 4.98 Å². The van der Waals surface area contributed by atoms with E-state index in [1.165, 1.54) is 12.1 Å². The first-order valence-electron chi connectivity index (χ1n) is 6.63. The van der Waals surface area contributed by atoms with Gasteiger partial charge in [0.05, 0.1) is 11.6 Å². The van der Waals surface area contributed by atoms with E-state index in [1.807, 2.05) is 37.3 Å². The second-order valence-corrected chi connectivity index (χ2v) is 5.01. The minimum atomic E-state index is -0.669.